The molecule has 21 heavy (non-hydrogen) atoms. The first-order valence-electron chi connectivity index (χ1n) is 6.44. The maximum absolute atomic E-state index is 11.8. The van der Waals surface area contributed by atoms with Crippen molar-refractivity contribution in [3.05, 3.63) is 66.2 Å². The Bertz CT molecular complexity index is 673. The number of nitrogens with one attached hydrogen (secondary N) is 1. The van der Waals surface area contributed by atoms with Gasteiger partial charge in [0.15, 0.2) is 0 Å². The van der Waals surface area contributed by atoms with Crippen LogP contribution in [0.15, 0.2) is 66.2 Å². The predicted molar refractivity (Wildman–Crippen MR) is 81.9 cm³/mol. The third kappa shape index (κ3) is 4.04. The van der Waals surface area contributed by atoms with Crippen LogP contribution in [0.25, 0.3) is 11.1 Å². The molecule has 2 rings (SSSR count). The molecule has 0 aliphatic heterocycles. The van der Waals surface area contributed by atoms with Crippen LogP contribution in [0.4, 0.5) is 5.69 Å². The number of hydrogen-bond acceptors (Lipinski definition) is 2. The molecule has 0 radical (unpaired) electrons. The average Bonchev–Trinajstić information content (AvgIpc) is 2.48. The van der Waals surface area contributed by atoms with E-state index in [0.717, 1.165) is 17.2 Å². The van der Waals surface area contributed by atoms with Crippen LogP contribution in [-0.2, 0) is 9.59 Å². The fourth-order valence-electron chi connectivity index (χ4n) is 1.86. The third-order valence-corrected chi connectivity index (χ3v) is 2.95. The summed E-state index contributed by atoms with van der Waals surface area (Å²) in [6.45, 7) is 1.46. The highest BCUT2D eigenvalue weighted by Crippen LogP contribution is 2.21. The Labute approximate surface area is 122 Å². The largest absolute Gasteiger partial charge is 0.478 e. The Morgan fingerprint density at radius 3 is 2.10 bits per heavy atom. The van der Waals surface area contributed by atoms with Gasteiger partial charge in [-0.25, -0.2) is 4.79 Å². The van der Waals surface area contributed by atoms with E-state index >= 15 is 0 Å². The Morgan fingerprint density at radius 2 is 1.52 bits per heavy atom. The van der Waals surface area contributed by atoms with Gasteiger partial charge < -0.3 is 10.4 Å². The lowest BCUT2D eigenvalue weighted by Crippen LogP contribution is -2.13. The summed E-state index contributed by atoms with van der Waals surface area (Å²) in [4.78, 5) is 22.3. The van der Waals surface area contributed by atoms with E-state index in [4.69, 9.17) is 5.11 Å². The predicted octanol–water partition coefficient (Wildman–Crippen LogP) is 3.32. The molecule has 0 aromatic heterocycles. The molecule has 0 saturated carbocycles. The van der Waals surface area contributed by atoms with Gasteiger partial charge in [0.1, 0.15) is 0 Å². The number of carbonyl (C=O) groups is 2. The second kappa shape index (κ2) is 6.52. The molecule has 0 atom stereocenters. The van der Waals surface area contributed by atoms with Crippen LogP contribution in [-0.4, -0.2) is 17.0 Å². The van der Waals surface area contributed by atoms with Gasteiger partial charge in [-0.15, -0.1) is 0 Å². The summed E-state index contributed by atoms with van der Waals surface area (Å²) in [5, 5.41) is 11.3. The van der Waals surface area contributed by atoms with Gasteiger partial charge in [-0.05, 0) is 30.2 Å². The number of anilines is 1. The minimum absolute atomic E-state index is 0.148. The van der Waals surface area contributed by atoms with Crippen molar-refractivity contribution in [2.24, 2.45) is 0 Å². The number of amides is 1. The van der Waals surface area contributed by atoms with Crippen LogP contribution in [0, 0.1) is 0 Å². The van der Waals surface area contributed by atoms with E-state index in [-0.39, 0.29) is 5.57 Å². The Morgan fingerprint density at radius 1 is 0.952 bits per heavy atom. The van der Waals surface area contributed by atoms with Crippen LogP contribution in [0.2, 0.25) is 0 Å². The Hall–Kier alpha value is -2.88. The molecule has 0 unspecified atom stereocenters. The van der Waals surface area contributed by atoms with E-state index in [1.807, 2.05) is 42.5 Å². The van der Waals surface area contributed by atoms with Crippen LogP contribution in [0.1, 0.15) is 6.92 Å². The molecule has 0 bridgehead atoms. The van der Waals surface area contributed by atoms with E-state index in [9.17, 15) is 9.59 Å². The van der Waals surface area contributed by atoms with Crippen LogP contribution in [0.3, 0.4) is 0 Å². The highest BCUT2D eigenvalue weighted by molar-refractivity contribution is 6.06. The standard InChI is InChI=1S/C17H15NO3/c1-12(11-16(19)20)17(21)18-15-9-7-14(8-10-15)13-5-3-2-4-6-13/h2-11H,1H3,(H,18,21)(H,19,20). The van der Waals surface area contributed by atoms with E-state index in [1.54, 1.807) is 12.1 Å². The van der Waals surface area contributed by atoms with Crippen molar-refractivity contribution in [3.8, 4) is 11.1 Å². The lowest BCUT2D eigenvalue weighted by molar-refractivity contribution is -0.131. The van der Waals surface area contributed by atoms with Crippen molar-refractivity contribution >= 4 is 17.6 Å². The molecule has 0 aliphatic carbocycles. The lowest BCUT2D eigenvalue weighted by Gasteiger charge is -2.07. The van der Waals surface area contributed by atoms with Crippen molar-refractivity contribution in [1.29, 1.82) is 0 Å². The molecule has 106 valence electrons. The summed E-state index contributed by atoms with van der Waals surface area (Å²) in [6.07, 6.45) is 0.883. The Kier molecular flexibility index (Phi) is 4.51. The summed E-state index contributed by atoms with van der Waals surface area (Å²) >= 11 is 0. The van der Waals surface area contributed by atoms with Gasteiger partial charge in [-0.3, -0.25) is 4.79 Å². The molecule has 0 spiro atoms. The van der Waals surface area contributed by atoms with Crippen molar-refractivity contribution in [1.82, 2.24) is 0 Å². The number of rotatable bonds is 4. The van der Waals surface area contributed by atoms with E-state index < -0.39 is 11.9 Å². The summed E-state index contributed by atoms with van der Waals surface area (Å²) in [7, 11) is 0. The molecule has 2 aromatic carbocycles. The maximum atomic E-state index is 11.8. The van der Waals surface area contributed by atoms with Gasteiger partial charge >= 0.3 is 5.97 Å². The number of benzene rings is 2. The fourth-order valence-corrected chi connectivity index (χ4v) is 1.86. The molecule has 0 heterocycles. The van der Waals surface area contributed by atoms with E-state index in [1.165, 1.54) is 6.92 Å². The van der Waals surface area contributed by atoms with Crippen molar-refractivity contribution in [2.45, 2.75) is 6.92 Å². The number of carboxylic acids is 1. The molecular weight excluding hydrogens is 266 g/mol. The van der Waals surface area contributed by atoms with E-state index in [0.29, 0.717) is 5.69 Å². The van der Waals surface area contributed by atoms with Gasteiger partial charge in [0.2, 0.25) is 0 Å². The molecule has 4 heteroatoms. The van der Waals surface area contributed by atoms with Gasteiger partial charge in [0.05, 0.1) is 0 Å². The first-order chi connectivity index (χ1) is 10.1. The molecule has 0 aliphatic rings. The molecule has 4 nitrogen and oxygen atoms in total. The first kappa shape index (κ1) is 14.5. The highest BCUT2D eigenvalue weighted by Gasteiger charge is 2.06. The SMILES string of the molecule is CC(=CC(=O)O)C(=O)Nc1ccc(-c2ccccc2)cc1. The van der Waals surface area contributed by atoms with Crippen LogP contribution in [0.5, 0.6) is 0 Å². The molecule has 0 saturated heterocycles. The molecule has 2 aromatic rings. The van der Waals surface area contributed by atoms with Crippen LogP contribution < -0.4 is 5.32 Å². The second-order valence-corrected chi connectivity index (χ2v) is 4.56. The van der Waals surface area contributed by atoms with Gasteiger partial charge in [0, 0.05) is 17.3 Å². The van der Waals surface area contributed by atoms with Gasteiger partial charge in [0.25, 0.3) is 5.91 Å². The minimum Gasteiger partial charge on any atom is -0.478 e. The minimum atomic E-state index is -1.14. The number of aliphatic carboxylic acids is 1. The molecular formula is C17H15NO3. The maximum Gasteiger partial charge on any atom is 0.328 e. The zero-order valence-corrected chi connectivity index (χ0v) is 11.5. The zero-order chi connectivity index (χ0) is 15.2. The second-order valence-electron chi connectivity index (χ2n) is 4.56. The fraction of sp³-hybridized carbons (Fsp3) is 0.0588. The summed E-state index contributed by atoms with van der Waals surface area (Å²) < 4.78 is 0. The van der Waals surface area contributed by atoms with Crippen molar-refractivity contribution in [3.63, 3.8) is 0 Å². The smallest absolute Gasteiger partial charge is 0.328 e. The monoisotopic (exact) mass is 281 g/mol. The Balaban J connectivity index is 2.10. The topological polar surface area (TPSA) is 66.4 Å². The summed E-state index contributed by atoms with van der Waals surface area (Å²) in [5.41, 5.74) is 2.91. The molecule has 0 fully saturated rings. The number of carbonyl (C=O) groups excluding carboxylic acids is 1. The quantitative estimate of drug-likeness (QED) is 0.845. The highest BCUT2D eigenvalue weighted by atomic mass is 16.4. The summed E-state index contributed by atoms with van der Waals surface area (Å²) in [5.74, 6) is -1.56. The normalized spacial score (nSPS) is 11.0. The van der Waals surface area contributed by atoms with Gasteiger partial charge in [-0.1, -0.05) is 42.5 Å². The summed E-state index contributed by atoms with van der Waals surface area (Å²) in [6, 6.07) is 17.3. The lowest BCUT2D eigenvalue weighted by atomic mass is 10.1. The van der Waals surface area contributed by atoms with Crippen molar-refractivity contribution < 1.29 is 14.7 Å². The molecule has 1 amide bonds. The van der Waals surface area contributed by atoms with Crippen molar-refractivity contribution in [2.75, 3.05) is 5.32 Å². The van der Waals surface area contributed by atoms with Gasteiger partial charge in [-0.2, -0.15) is 0 Å². The van der Waals surface area contributed by atoms with E-state index in [2.05, 4.69) is 5.32 Å². The zero-order valence-electron chi connectivity index (χ0n) is 11.5. The van der Waals surface area contributed by atoms with Crippen LogP contribution >= 0.6 is 0 Å². The first-order valence-corrected chi connectivity index (χ1v) is 6.44. The third-order valence-electron chi connectivity index (χ3n) is 2.95. The average molecular weight is 281 g/mol. The molecule has 2 N–H and O–H groups in total. The number of hydrogen-bond donors (Lipinski definition) is 2. The number of carboxylic acid groups (broad SMARTS) is 1.